The predicted molar refractivity (Wildman–Crippen MR) is 79.3 cm³/mol. The van der Waals surface area contributed by atoms with Gasteiger partial charge in [0.15, 0.2) is 0 Å². The van der Waals surface area contributed by atoms with Crippen LogP contribution in [0.4, 0.5) is 0 Å². The first-order valence-corrected chi connectivity index (χ1v) is 7.05. The van der Waals surface area contributed by atoms with E-state index < -0.39 is 5.97 Å². The molecule has 0 saturated carbocycles. The van der Waals surface area contributed by atoms with Crippen LogP contribution in [0.3, 0.4) is 0 Å². The fourth-order valence-corrected chi connectivity index (χ4v) is 2.72. The van der Waals surface area contributed by atoms with Gasteiger partial charge in [0.2, 0.25) is 0 Å². The minimum absolute atomic E-state index is 0.265. The van der Waals surface area contributed by atoms with Crippen molar-refractivity contribution in [3.63, 3.8) is 0 Å². The third-order valence-corrected chi connectivity index (χ3v) is 4.02. The first-order chi connectivity index (χ1) is 9.58. The van der Waals surface area contributed by atoms with Crippen molar-refractivity contribution in [2.75, 3.05) is 0 Å². The Balaban J connectivity index is 2.41. The number of rotatable bonds is 2. The Kier molecular flexibility index (Phi) is 2.99. The van der Waals surface area contributed by atoms with Crippen molar-refractivity contribution >= 4 is 28.2 Å². The molecule has 4 nitrogen and oxygen atoms in total. The summed E-state index contributed by atoms with van der Waals surface area (Å²) in [6.07, 6.45) is 0. The molecule has 0 fully saturated rings. The molecule has 0 aliphatic carbocycles. The minimum Gasteiger partial charge on any atom is -0.478 e. The standard InChI is InChI=1S/C15H12N2O2S/c1-8-3-4-10-11(15(18)19)5-12(13-6-20-7-16-13)17-14(10)9(8)2/h3-7H,1-2H3,(H,18,19). The summed E-state index contributed by atoms with van der Waals surface area (Å²) in [5, 5.41) is 12.0. The van der Waals surface area contributed by atoms with Crippen molar-refractivity contribution in [1.82, 2.24) is 9.97 Å². The predicted octanol–water partition coefficient (Wildman–Crippen LogP) is 3.67. The lowest BCUT2D eigenvalue weighted by Crippen LogP contribution is -2.02. The Labute approximate surface area is 119 Å². The van der Waals surface area contributed by atoms with Crippen LogP contribution < -0.4 is 0 Å². The molecule has 0 saturated heterocycles. The summed E-state index contributed by atoms with van der Waals surface area (Å²) in [4.78, 5) is 20.3. The number of aromatic carboxylic acids is 1. The highest BCUT2D eigenvalue weighted by Gasteiger charge is 2.15. The van der Waals surface area contributed by atoms with Crippen LogP contribution in [0.15, 0.2) is 29.1 Å². The number of fused-ring (bicyclic) bond motifs is 1. The Hall–Kier alpha value is -2.27. The number of pyridine rings is 1. The summed E-state index contributed by atoms with van der Waals surface area (Å²) in [7, 11) is 0. The van der Waals surface area contributed by atoms with E-state index in [-0.39, 0.29) is 5.56 Å². The second-order valence-electron chi connectivity index (χ2n) is 4.64. The van der Waals surface area contributed by atoms with Crippen molar-refractivity contribution in [2.45, 2.75) is 13.8 Å². The molecule has 2 heterocycles. The number of carbonyl (C=O) groups is 1. The zero-order valence-corrected chi connectivity index (χ0v) is 11.9. The van der Waals surface area contributed by atoms with Crippen LogP contribution in [0.2, 0.25) is 0 Å². The maximum Gasteiger partial charge on any atom is 0.336 e. The zero-order chi connectivity index (χ0) is 14.3. The maximum atomic E-state index is 11.5. The van der Waals surface area contributed by atoms with Gasteiger partial charge in [-0.1, -0.05) is 12.1 Å². The second kappa shape index (κ2) is 4.68. The zero-order valence-electron chi connectivity index (χ0n) is 11.0. The van der Waals surface area contributed by atoms with Gasteiger partial charge in [0, 0.05) is 10.8 Å². The first-order valence-electron chi connectivity index (χ1n) is 6.10. The lowest BCUT2D eigenvalue weighted by Gasteiger charge is -2.09. The van der Waals surface area contributed by atoms with Crippen LogP contribution in [0, 0.1) is 13.8 Å². The van der Waals surface area contributed by atoms with Gasteiger partial charge in [-0.05, 0) is 31.0 Å². The molecule has 0 aliphatic rings. The van der Waals surface area contributed by atoms with Crippen LogP contribution in [0.25, 0.3) is 22.3 Å². The number of hydrogen-bond donors (Lipinski definition) is 1. The summed E-state index contributed by atoms with van der Waals surface area (Å²) in [6.45, 7) is 3.95. The number of thiazole rings is 1. The van der Waals surface area contributed by atoms with Gasteiger partial charge in [-0.25, -0.2) is 14.8 Å². The van der Waals surface area contributed by atoms with Crippen LogP contribution in [-0.4, -0.2) is 21.0 Å². The van der Waals surface area contributed by atoms with E-state index in [1.165, 1.54) is 11.3 Å². The van der Waals surface area contributed by atoms with Gasteiger partial charge in [0.05, 0.1) is 28.0 Å². The number of benzene rings is 1. The molecule has 1 aromatic carbocycles. The van der Waals surface area contributed by atoms with Crippen LogP contribution in [0.1, 0.15) is 21.5 Å². The molecular formula is C15H12N2O2S. The Morgan fingerprint density at radius 3 is 2.70 bits per heavy atom. The highest BCUT2D eigenvalue weighted by atomic mass is 32.1. The number of hydrogen-bond acceptors (Lipinski definition) is 4. The largest absolute Gasteiger partial charge is 0.478 e. The SMILES string of the molecule is Cc1ccc2c(C(=O)O)cc(-c3cscn3)nc2c1C. The fraction of sp³-hybridized carbons (Fsp3) is 0.133. The van der Waals surface area contributed by atoms with E-state index in [2.05, 4.69) is 9.97 Å². The second-order valence-corrected chi connectivity index (χ2v) is 5.36. The van der Waals surface area contributed by atoms with E-state index >= 15 is 0 Å². The smallest absolute Gasteiger partial charge is 0.336 e. The molecule has 20 heavy (non-hydrogen) atoms. The van der Waals surface area contributed by atoms with Gasteiger partial charge in [-0.3, -0.25) is 0 Å². The maximum absolute atomic E-state index is 11.5. The Morgan fingerprint density at radius 2 is 2.05 bits per heavy atom. The normalized spacial score (nSPS) is 10.9. The summed E-state index contributed by atoms with van der Waals surface area (Å²) in [5.41, 5.74) is 6.11. The molecule has 0 atom stereocenters. The van der Waals surface area contributed by atoms with Gasteiger partial charge in [0.25, 0.3) is 0 Å². The molecule has 1 N–H and O–H groups in total. The molecule has 2 aromatic heterocycles. The van der Waals surface area contributed by atoms with E-state index in [1.54, 1.807) is 11.6 Å². The van der Waals surface area contributed by atoms with Gasteiger partial charge in [-0.2, -0.15) is 0 Å². The summed E-state index contributed by atoms with van der Waals surface area (Å²) < 4.78 is 0. The molecular weight excluding hydrogens is 272 g/mol. The van der Waals surface area contributed by atoms with Gasteiger partial charge < -0.3 is 5.11 Å². The van der Waals surface area contributed by atoms with Crippen molar-refractivity contribution in [3.05, 3.63) is 45.8 Å². The number of aryl methyl sites for hydroxylation is 2. The topological polar surface area (TPSA) is 63.1 Å². The summed E-state index contributed by atoms with van der Waals surface area (Å²) in [6, 6.07) is 5.34. The molecule has 3 aromatic rings. The highest BCUT2D eigenvalue weighted by molar-refractivity contribution is 7.07. The average Bonchev–Trinajstić information content (AvgIpc) is 2.96. The summed E-state index contributed by atoms with van der Waals surface area (Å²) >= 11 is 1.46. The van der Waals surface area contributed by atoms with Gasteiger partial charge in [-0.15, -0.1) is 11.3 Å². The minimum atomic E-state index is -0.947. The van der Waals surface area contributed by atoms with E-state index in [9.17, 15) is 9.90 Å². The first kappa shape index (κ1) is 12.7. The van der Waals surface area contributed by atoms with E-state index in [0.717, 1.165) is 16.6 Å². The Bertz CT molecular complexity index is 810. The van der Waals surface area contributed by atoms with E-state index in [0.29, 0.717) is 16.8 Å². The molecule has 0 bridgehead atoms. The van der Waals surface area contributed by atoms with Crippen molar-refractivity contribution in [1.29, 1.82) is 0 Å². The van der Waals surface area contributed by atoms with E-state index in [1.807, 2.05) is 31.4 Å². The molecule has 5 heteroatoms. The average molecular weight is 284 g/mol. The number of carboxylic acids is 1. The molecule has 0 radical (unpaired) electrons. The van der Waals surface area contributed by atoms with Crippen LogP contribution >= 0.6 is 11.3 Å². The number of carboxylic acid groups (broad SMARTS) is 1. The lowest BCUT2D eigenvalue weighted by atomic mass is 10.0. The van der Waals surface area contributed by atoms with E-state index in [4.69, 9.17) is 0 Å². The fourth-order valence-electron chi connectivity index (χ4n) is 2.18. The third-order valence-electron chi connectivity index (χ3n) is 3.43. The number of aromatic nitrogens is 2. The molecule has 0 amide bonds. The van der Waals surface area contributed by atoms with Gasteiger partial charge in [0.1, 0.15) is 0 Å². The lowest BCUT2D eigenvalue weighted by molar-refractivity contribution is 0.0699. The third kappa shape index (κ3) is 1.96. The van der Waals surface area contributed by atoms with Crippen molar-refractivity contribution in [2.24, 2.45) is 0 Å². The van der Waals surface area contributed by atoms with Gasteiger partial charge >= 0.3 is 5.97 Å². The van der Waals surface area contributed by atoms with Crippen molar-refractivity contribution < 1.29 is 9.90 Å². The molecule has 0 unspecified atom stereocenters. The monoisotopic (exact) mass is 284 g/mol. The van der Waals surface area contributed by atoms with Crippen LogP contribution in [-0.2, 0) is 0 Å². The quantitative estimate of drug-likeness (QED) is 0.779. The molecule has 3 rings (SSSR count). The summed E-state index contributed by atoms with van der Waals surface area (Å²) in [5.74, 6) is -0.947. The van der Waals surface area contributed by atoms with Crippen LogP contribution in [0.5, 0.6) is 0 Å². The molecule has 0 aliphatic heterocycles. The van der Waals surface area contributed by atoms with Crippen molar-refractivity contribution in [3.8, 4) is 11.4 Å². The molecule has 100 valence electrons. The highest BCUT2D eigenvalue weighted by Crippen LogP contribution is 2.28. The molecule has 0 spiro atoms. The Morgan fingerprint density at radius 1 is 1.25 bits per heavy atom. The number of nitrogens with zero attached hydrogens (tertiary/aromatic N) is 2.